The smallest absolute Gasteiger partial charge is 0.321 e. The monoisotopic (exact) mass is 303 g/mol. The Morgan fingerprint density at radius 1 is 1.27 bits per heavy atom. The SMILES string of the molecule is O=C(Nc1cccc(CCN2CCCC2)c1)N1CC[C@H](O)C1. The van der Waals surface area contributed by atoms with Crippen LogP contribution >= 0.6 is 0 Å². The zero-order chi connectivity index (χ0) is 15.4. The summed E-state index contributed by atoms with van der Waals surface area (Å²) < 4.78 is 0. The van der Waals surface area contributed by atoms with Crippen LogP contribution in [0.4, 0.5) is 10.5 Å². The maximum Gasteiger partial charge on any atom is 0.321 e. The van der Waals surface area contributed by atoms with Gasteiger partial charge in [0.2, 0.25) is 0 Å². The van der Waals surface area contributed by atoms with E-state index in [4.69, 9.17) is 0 Å². The van der Waals surface area contributed by atoms with Crippen molar-refractivity contribution in [1.29, 1.82) is 0 Å². The minimum Gasteiger partial charge on any atom is -0.391 e. The maximum atomic E-state index is 12.1. The predicted octanol–water partition coefficient (Wildman–Crippen LogP) is 1.92. The summed E-state index contributed by atoms with van der Waals surface area (Å²) in [6, 6.07) is 7.97. The highest BCUT2D eigenvalue weighted by molar-refractivity contribution is 5.89. The van der Waals surface area contributed by atoms with Gasteiger partial charge in [0, 0.05) is 25.3 Å². The first-order valence-corrected chi connectivity index (χ1v) is 8.26. The molecule has 0 spiro atoms. The summed E-state index contributed by atoms with van der Waals surface area (Å²) in [5.74, 6) is 0. The quantitative estimate of drug-likeness (QED) is 0.893. The highest BCUT2D eigenvalue weighted by Crippen LogP contribution is 2.16. The molecule has 2 heterocycles. The molecule has 2 saturated heterocycles. The fourth-order valence-electron chi connectivity index (χ4n) is 3.23. The summed E-state index contributed by atoms with van der Waals surface area (Å²) in [5.41, 5.74) is 2.09. The molecule has 120 valence electrons. The van der Waals surface area contributed by atoms with Gasteiger partial charge in [-0.1, -0.05) is 12.1 Å². The topological polar surface area (TPSA) is 55.8 Å². The molecular formula is C17H25N3O2. The number of benzene rings is 1. The first-order chi connectivity index (χ1) is 10.7. The average molecular weight is 303 g/mol. The Hall–Kier alpha value is -1.59. The van der Waals surface area contributed by atoms with Gasteiger partial charge in [0.1, 0.15) is 0 Å². The third-order valence-corrected chi connectivity index (χ3v) is 4.54. The second-order valence-electron chi connectivity index (χ2n) is 6.32. The van der Waals surface area contributed by atoms with E-state index < -0.39 is 0 Å². The third-order valence-electron chi connectivity index (χ3n) is 4.54. The van der Waals surface area contributed by atoms with E-state index >= 15 is 0 Å². The number of anilines is 1. The number of carbonyl (C=O) groups excluding carboxylic acids is 1. The number of rotatable bonds is 4. The van der Waals surface area contributed by atoms with E-state index in [1.54, 1.807) is 4.90 Å². The van der Waals surface area contributed by atoms with Crippen LogP contribution in [0, 0.1) is 0 Å². The Kier molecular flexibility index (Phi) is 4.95. The van der Waals surface area contributed by atoms with Crippen molar-refractivity contribution in [3.63, 3.8) is 0 Å². The van der Waals surface area contributed by atoms with E-state index in [2.05, 4.69) is 22.3 Å². The molecule has 2 amide bonds. The Morgan fingerprint density at radius 3 is 2.82 bits per heavy atom. The number of urea groups is 1. The summed E-state index contributed by atoms with van der Waals surface area (Å²) in [4.78, 5) is 16.3. The first-order valence-electron chi connectivity index (χ1n) is 8.26. The lowest BCUT2D eigenvalue weighted by molar-refractivity contribution is 0.176. The molecule has 0 aromatic heterocycles. The first kappa shape index (κ1) is 15.3. The zero-order valence-electron chi connectivity index (χ0n) is 13.0. The Morgan fingerprint density at radius 2 is 2.09 bits per heavy atom. The minimum atomic E-state index is -0.377. The molecule has 1 aromatic carbocycles. The van der Waals surface area contributed by atoms with E-state index in [-0.39, 0.29) is 12.1 Å². The van der Waals surface area contributed by atoms with Crippen LogP contribution in [0.3, 0.4) is 0 Å². The number of carbonyl (C=O) groups is 1. The zero-order valence-corrected chi connectivity index (χ0v) is 13.0. The Labute approximate surface area is 131 Å². The molecule has 1 aromatic rings. The molecule has 3 rings (SSSR count). The van der Waals surface area contributed by atoms with E-state index in [1.807, 2.05) is 12.1 Å². The fraction of sp³-hybridized carbons (Fsp3) is 0.588. The van der Waals surface area contributed by atoms with Crippen LogP contribution in [0.25, 0.3) is 0 Å². The predicted molar refractivity (Wildman–Crippen MR) is 87.0 cm³/mol. The van der Waals surface area contributed by atoms with Gasteiger partial charge < -0.3 is 20.2 Å². The molecule has 1 atom stereocenters. The van der Waals surface area contributed by atoms with Crippen LogP contribution in [0.1, 0.15) is 24.8 Å². The van der Waals surface area contributed by atoms with Crippen LogP contribution in [0.5, 0.6) is 0 Å². The fourth-order valence-corrected chi connectivity index (χ4v) is 3.23. The van der Waals surface area contributed by atoms with Crippen molar-refractivity contribution in [2.24, 2.45) is 0 Å². The summed E-state index contributed by atoms with van der Waals surface area (Å²) in [6.07, 6.45) is 3.95. The van der Waals surface area contributed by atoms with E-state index in [1.165, 1.54) is 31.5 Å². The normalized spacial score (nSPS) is 22.2. The summed E-state index contributed by atoms with van der Waals surface area (Å²) in [6.45, 7) is 4.58. The number of amides is 2. The van der Waals surface area contributed by atoms with Crippen LogP contribution < -0.4 is 5.32 Å². The maximum absolute atomic E-state index is 12.1. The van der Waals surface area contributed by atoms with Crippen LogP contribution in [0.2, 0.25) is 0 Å². The highest BCUT2D eigenvalue weighted by Gasteiger charge is 2.24. The van der Waals surface area contributed by atoms with Crippen molar-refractivity contribution in [3.05, 3.63) is 29.8 Å². The molecule has 0 radical (unpaired) electrons. The third kappa shape index (κ3) is 3.99. The van der Waals surface area contributed by atoms with Gasteiger partial charge >= 0.3 is 6.03 Å². The number of likely N-dealkylation sites (tertiary alicyclic amines) is 2. The molecule has 2 aliphatic rings. The van der Waals surface area contributed by atoms with Crippen molar-refractivity contribution in [2.45, 2.75) is 31.8 Å². The number of hydrogen-bond donors (Lipinski definition) is 2. The lowest BCUT2D eigenvalue weighted by atomic mass is 10.1. The Bertz CT molecular complexity index is 514. The van der Waals surface area contributed by atoms with Gasteiger partial charge in [-0.25, -0.2) is 4.79 Å². The van der Waals surface area contributed by atoms with Crippen LogP contribution in [-0.2, 0) is 6.42 Å². The average Bonchev–Trinajstić information content (AvgIpc) is 3.17. The van der Waals surface area contributed by atoms with Gasteiger partial charge in [0.15, 0.2) is 0 Å². The van der Waals surface area contributed by atoms with Gasteiger partial charge in [-0.3, -0.25) is 0 Å². The van der Waals surface area contributed by atoms with E-state index in [0.29, 0.717) is 19.5 Å². The molecule has 0 saturated carbocycles. The minimum absolute atomic E-state index is 0.117. The molecule has 0 bridgehead atoms. The lowest BCUT2D eigenvalue weighted by Gasteiger charge is -2.17. The summed E-state index contributed by atoms with van der Waals surface area (Å²) in [7, 11) is 0. The second-order valence-corrected chi connectivity index (χ2v) is 6.32. The van der Waals surface area contributed by atoms with Crippen molar-refractivity contribution < 1.29 is 9.90 Å². The number of hydrogen-bond acceptors (Lipinski definition) is 3. The summed E-state index contributed by atoms with van der Waals surface area (Å²) >= 11 is 0. The second kappa shape index (κ2) is 7.11. The molecule has 0 aliphatic carbocycles. The van der Waals surface area contributed by atoms with Gasteiger partial charge in [0.25, 0.3) is 0 Å². The molecular weight excluding hydrogens is 278 g/mol. The van der Waals surface area contributed by atoms with Crippen LogP contribution in [0.15, 0.2) is 24.3 Å². The number of β-amino-alcohol motifs (C(OH)–C–C–N with tert-alkyl or cyclic N) is 1. The lowest BCUT2D eigenvalue weighted by Crippen LogP contribution is -2.33. The number of aliphatic hydroxyl groups is 1. The van der Waals surface area contributed by atoms with Gasteiger partial charge in [-0.05, 0) is 56.5 Å². The number of aliphatic hydroxyl groups excluding tert-OH is 1. The van der Waals surface area contributed by atoms with Crippen LogP contribution in [-0.4, -0.2) is 59.8 Å². The van der Waals surface area contributed by atoms with Crippen molar-refractivity contribution >= 4 is 11.7 Å². The highest BCUT2D eigenvalue weighted by atomic mass is 16.3. The van der Waals surface area contributed by atoms with Crippen molar-refractivity contribution in [3.8, 4) is 0 Å². The number of nitrogens with one attached hydrogen (secondary N) is 1. The molecule has 2 N–H and O–H groups in total. The van der Waals surface area contributed by atoms with Crippen molar-refractivity contribution in [2.75, 3.05) is 38.0 Å². The molecule has 2 aliphatic heterocycles. The standard InChI is InChI=1S/C17H25N3O2/c21-16-7-11-20(13-16)17(22)18-15-5-3-4-14(12-15)6-10-19-8-1-2-9-19/h3-5,12,16,21H,1-2,6-11,13H2,(H,18,22)/t16-/m0/s1. The summed E-state index contributed by atoms with van der Waals surface area (Å²) in [5, 5.41) is 12.4. The van der Waals surface area contributed by atoms with E-state index in [9.17, 15) is 9.90 Å². The van der Waals surface area contributed by atoms with Gasteiger partial charge in [-0.15, -0.1) is 0 Å². The molecule has 5 heteroatoms. The molecule has 22 heavy (non-hydrogen) atoms. The molecule has 2 fully saturated rings. The van der Waals surface area contributed by atoms with Gasteiger partial charge in [0.05, 0.1) is 6.10 Å². The Balaban J connectivity index is 1.53. The number of nitrogens with zero attached hydrogens (tertiary/aromatic N) is 2. The van der Waals surface area contributed by atoms with Gasteiger partial charge in [-0.2, -0.15) is 0 Å². The molecule has 0 unspecified atom stereocenters. The molecule has 5 nitrogen and oxygen atoms in total. The largest absolute Gasteiger partial charge is 0.391 e. The van der Waals surface area contributed by atoms with E-state index in [0.717, 1.165) is 18.7 Å². The van der Waals surface area contributed by atoms with Crippen molar-refractivity contribution in [1.82, 2.24) is 9.80 Å².